The third-order valence-corrected chi connectivity index (χ3v) is 2.72. The maximum Gasteiger partial charge on any atom is 0.0673 e. The smallest absolute Gasteiger partial charge is 0.0673 e. The standard InChI is InChI=1S/C9H19NO2.C2H6/c1-10-6-4-9(12,5-7-10)3-2-8-11;1-2/h11-12H,2-8H2,1H3;1-2H3. The Morgan fingerprint density at radius 1 is 1.21 bits per heavy atom. The number of hydrogen-bond acceptors (Lipinski definition) is 3. The second-order valence-electron chi connectivity index (χ2n) is 3.85. The van der Waals surface area contributed by atoms with E-state index >= 15 is 0 Å². The molecule has 1 aliphatic rings. The van der Waals surface area contributed by atoms with Crippen molar-refractivity contribution in [1.82, 2.24) is 4.90 Å². The molecule has 0 atom stereocenters. The van der Waals surface area contributed by atoms with E-state index in [1.807, 2.05) is 13.8 Å². The largest absolute Gasteiger partial charge is 0.396 e. The van der Waals surface area contributed by atoms with Crippen LogP contribution in [0.15, 0.2) is 0 Å². The molecule has 0 radical (unpaired) electrons. The number of aliphatic hydroxyl groups excluding tert-OH is 1. The highest BCUT2D eigenvalue weighted by Crippen LogP contribution is 2.25. The molecule has 14 heavy (non-hydrogen) atoms. The van der Waals surface area contributed by atoms with E-state index < -0.39 is 5.60 Å². The number of aliphatic hydroxyl groups is 2. The van der Waals surface area contributed by atoms with Crippen LogP contribution >= 0.6 is 0 Å². The Labute approximate surface area is 87.7 Å². The first-order valence-corrected chi connectivity index (χ1v) is 5.68. The molecule has 1 rings (SSSR count). The number of piperidine rings is 1. The summed E-state index contributed by atoms with van der Waals surface area (Å²) < 4.78 is 0. The van der Waals surface area contributed by atoms with Gasteiger partial charge < -0.3 is 15.1 Å². The van der Waals surface area contributed by atoms with E-state index in [4.69, 9.17) is 5.11 Å². The number of likely N-dealkylation sites (tertiary alicyclic amines) is 1. The van der Waals surface area contributed by atoms with Gasteiger partial charge in [-0.15, -0.1) is 0 Å². The molecular formula is C11H25NO2. The molecule has 0 aromatic carbocycles. The number of hydrogen-bond donors (Lipinski definition) is 2. The average molecular weight is 203 g/mol. The third-order valence-electron chi connectivity index (χ3n) is 2.72. The first-order valence-electron chi connectivity index (χ1n) is 5.68. The molecule has 0 amide bonds. The van der Waals surface area contributed by atoms with Gasteiger partial charge in [0.05, 0.1) is 5.60 Å². The average Bonchev–Trinajstić information content (AvgIpc) is 2.23. The van der Waals surface area contributed by atoms with Gasteiger partial charge in [-0.25, -0.2) is 0 Å². The van der Waals surface area contributed by atoms with E-state index in [-0.39, 0.29) is 6.61 Å². The zero-order chi connectivity index (χ0) is 11.0. The van der Waals surface area contributed by atoms with E-state index in [0.29, 0.717) is 0 Å². The van der Waals surface area contributed by atoms with Crippen molar-refractivity contribution >= 4 is 0 Å². The molecule has 1 fully saturated rings. The van der Waals surface area contributed by atoms with Crippen LogP contribution in [-0.2, 0) is 0 Å². The van der Waals surface area contributed by atoms with Crippen LogP contribution in [0.5, 0.6) is 0 Å². The monoisotopic (exact) mass is 203 g/mol. The Kier molecular flexibility index (Phi) is 7.15. The molecule has 0 saturated carbocycles. The first-order chi connectivity index (χ1) is 6.66. The fraction of sp³-hybridized carbons (Fsp3) is 1.00. The fourth-order valence-corrected chi connectivity index (χ4v) is 1.69. The summed E-state index contributed by atoms with van der Waals surface area (Å²) in [6.07, 6.45) is 3.17. The minimum Gasteiger partial charge on any atom is -0.396 e. The zero-order valence-corrected chi connectivity index (χ0v) is 9.79. The highest BCUT2D eigenvalue weighted by molar-refractivity contribution is 4.84. The van der Waals surface area contributed by atoms with Crippen LogP contribution in [0.25, 0.3) is 0 Å². The number of nitrogens with zero attached hydrogens (tertiary/aromatic N) is 1. The van der Waals surface area contributed by atoms with Crippen molar-refractivity contribution in [2.75, 3.05) is 26.7 Å². The molecule has 1 heterocycles. The van der Waals surface area contributed by atoms with Crippen LogP contribution in [0.3, 0.4) is 0 Å². The SMILES string of the molecule is CC.CN1CCC(O)(CCCO)CC1. The molecular weight excluding hydrogens is 178 g/mol. The Morgan fingerprint density at radius 2 is 1.71 bits per heavy atom. The molecule has 0 bridgehead atoms. The molecule has 0 aliphatic carbocycles. The van der Waals surface area contributed by atoms with Crippen molar-refractivity contribution in [2.24, 2.45) is 0 Å². The second-order valence-corrected chi connectivity index (χ2v) is 3.85. The van der Waals surface area contributed by atoms with Crippen molar-refractivity contribution in [2.45, 2.75) is 45.1 Å². The highest BCUT2D eigenvalue weighted by Gasteiger charge is 2.29. The van der Waals surface area contributed by atoms with E-state index in [1.165, 1.54) is 0 Å². The predicted molar refractivity (Wildman–Crippen MR) is 59.3 cm³/mol. The van der Waals surface area contributed by atoms with E-state index in [1.54, 1.807) is 0 Å². The van der Waals surface area contributed by atoms with Crippen molar-refractivity contribution < 1.29 is 10.2 Å². The summed E-state index contributed by atoms with van der Waals surface area (Å²) in [5.41, 5.74) is -0.491. The van der Waals surface area contributed by atoms with Crippen LogP contribution in [-0.4, -0.2) is 47.5 Å². The highest BCUT2D eigenvalue weighted by atomic mass is 16.3. The first kappa shape index (κ1) is 13.9. The van der Waals surface area contributed by atoms with Crippen molar-refractivity contribution in [3.8, 4) is 0 Å². The van der Waals surface area contributed by atoms with Gasteiger partial charge in [0, 0.05) is 19.7 Å². The van der Waals surface area contributed by atoms with E-state index in [0.717, 1.165) is 38.8 Å². The lowest BCUT2D eigenvalue weighted by molar-refractivity contribution is -0.0263. The summed E-state index contributed by atoms with van der Waals surface area (Å²) in [5, 5.41) is 18.6. The molecule has 1 aliphatic heterocycles. The van der Waals surface area contributed by atoms with Gasteiger partial charge in [-0.1, -0.05) is 13.8 Å². The number of rotatable bonds is 3. The Balaban J connectivity index is 0.000000791. The minimum atomic E-state index is -0.491. The maximum atomic E-state index is 9.98. The second kappa shape index (κ2) is 7.21. The van der Waals surface area contributed by atoms with Crippen LogP contribution < -0.4 is 0 Å². The van der Waals surface area contributed by atoms with Crippen LogP contribution in [0.1, 0.15) is 39.5 Å². The Morgan fingerprint density at radius 3 is 2.14 bits per heavy atom. The lowest BCUT2D eigenvalue weighted by Crippen LogP contribution is -2.42. The summed E-state index contributed by atoms with van der Waals surface area (Å²) in [6, 6.07) is 0. The van der Waals surface area contributed by atoms with Gasteiger partial charge >= 0.3 is 0 Å². The molecule has 0 unspecified atom stereocenters. The van der Waals surface area contributed by atoms with Gasteiger partial charge in [-0.05, 0) is 32.7 Å². The third kappa shape index (κ3) is 4.94. The summed E-state index contributed by atoms with van der Waals surface area (Å²) in [7, 11) is 2.08. The van der Waals surface area contributed by atoms with E-state index in [9.17, 15) is 5.11 Å². The van der Waals surface area contributed by atoms with Gasteiger partial charge in [0.2, 0.25) is 0 Å². The lowest BCUT2D eigenvalue weighted by atomic mass is 9.87. The summed E-state index contributed by atoms with van der Waals surface area (Å²) in [5.74, 6) is 0. The molecule has 0 aromatic heterocycles. The molecule has 0 aromatic rings. The van der Waals surface area contributed by atoms with Gasteiger partial charge in [0.25, 0.3) is 0 Å². The van der Waals surface area contributed by atoms with Crippen molar-refractivity contribution in [1.29, 1.82) is 0 Å². The molecule has 3 nitrogen and oxygen atoms in total. The van der Waals surface area contributed by atoms with Crippen molar-refractivity contribution in [3.05, 3.63) is 0 Å². The molecule has 1 saturated heterocycles. The quantitative estimate of drug-likeness (QED) is 0.725. The van der Waals surface area contributed by atoms with E-state index in [2.05, 4.69) is 11.9 Å². The molecule has 0 spiro atoms. The van der Waals surface area contributed by atoms with Gasteiger partial charge in [0.15, 0.2) is 0 Å². The predicted octanol–water partition coefficient (Wildman–Crippen LogP) is 1.24. The molecule has 2 N–H and O–H groups in total. The lowest BCUT2D eigenvalue weighted by Gasteiger charge is -2.36. The Bertz CT molecular complexity index is 126. The van der Waals surface area contributed by atoms with Crippen LogP contribution in [0.2, 0.25) is 0 Å². The normalized spacial score (nSPS) is 21.2. The topological polar surface area (TPSA) is 43.7 Å². The van der Waals surface area contributed by atoms with Crippen LogP contribution in [0, 0.1) is 0 Å². The van der Waals surface area contributed by atoms with Gasteiger partial charge in [-0.3, -0.25) is 0 Å². The van der Waals surface area contributed by atoms with Crippen LogP contribution in [0.4, 0.5) is 0 Å². The maximum absolute atomic E-state index is 9.98. The minimum absolute atomic E-state index is 0.193. The zero-order valence-electron chi connectivity index (χ0n) is 9.79. The summed E-state index contributed by atoms with van der Waals surface area (Å²) >= 11 is 0. The molecule has 86 valence electrons. The Hall–Kier alpha value is -0.120. The van der Waals surface area contributed by atoms with Gasteiger partial charge in [0.1, 0.15) is 0 Å². The van der Waals surface area contributed by atoms with Crippen molar-refractivity contribution in [3.63, 3.8) is 0 Å². The fourth-order valence-electron chi connectivity index (χ4n) is 1.69. The molecule has 3 heteroatoms. The summed E-state index contributed by atoms with van der Waals surface area (Å²) in [4.78, 5) is 2.23. The summed E-state index contributed by atoms with van der Waals surface area (Å²) in [6.45, 7) is 6.14. The van der Waals surface area contributed by atoms with Gasteiger partial charge in [-0.2, -0.15) is 0 Å².